The van der Waals surface area contributed by atoms with Gasteiger partial charge in [-0.05, 0) is 61.0 Å². The number of likely N-dealkylation sites (tertiary alicyclic amines) is 1. The van der Waals surface area contributed by atoms with Crippen molar-refractivity contribution in [3.8, 4) is 5.75 Å². The molecule has 2 aliphatic heterocycles. The number of halogens is 1. The molecule has 9 heteroatoms. The number of ether oxygens (including phenoxy) is 1. The van der Waals surface area contributed by atoms with Crippen LogP contribution in [0.2, 0.25) is 0 Å². The molecule has 2 saturated heterocycles. The maximum Gasteiger partial charge on any atom is 0.253 e. The van der Waals surface area contributed by atoms with Crippen LogP contribution in [-0.4, -0.2) is 59.2 Å². The minimum atomic E-state index is -0.411. The predicted molar refractivity (Wildman–Crippen MR) is 133 cm³/mol. The summed E-state index contributed by atoms with van der Waals surface area (Å²) in [6.07, 6.45) is 3.79. The molecule has 0 spiro atoms. The van der Waals surface area contributed by atoms with Crippen LogP contribution in [0.15, 0.2) is 66.9 Å². The standard InChI is InChI=1S/C27H28FN5O3/c28-21-4-1-3-19(17-21)27(35)32-15-11-24(12-16-32)36-23-8-6-22(7-9-23)30-26(34)20-10-14-33(18-20)25-5-2-13-29-31-25/h1-9,13,17,20,24H,10-12,14-16,18H2,(H,30,34). The summed E-state index contributed by atoms with van der Waals surface area (Å²) in [4.78, 5) is 29.2. The molecule has 5 rings (SSSR count). The van der Waals surface area contributed by atoms with E-state index in [4.69, 9.17) is 4.74 Å². The third-order valence-corrected chi connectivity index (χ3v) is 6.67. The molecule has 1 unspecified atom stereocenters. The van der Waals surface area contributed by atoms with Crippen molar-refractivity contribution < 1.29 is 18.7 Å². The van der Waals surface area contributed by atoms with Gasteiger partial charge in [0, 0.05) is 56.5 Å². The first-order valence-electron chi connectivity index (χ1n) is 12.2. The first kappa shape index (κ1) is 23.7. The Morgan fingerprint density at radius 1 is 0.972 bits per heavy atom. The Bertz CT molecular complexity index is 1200. The van der Waals surface area contributed by atoms with Gasteiger partial charge in [-0.25, -0.2) is 4.39 Å². The molecule has 2 fully saturated rings. The largest absolute Gasteiger partial charge is 0.490 e. The van der Waals surface area contributed by atoms with Crippen LogP contribution in [0.1, 0.15) is 29.6 Å². The average Bonchev–Trinajstić information content (AvgIpc) is 3.41. The zero-order valence-corrected chi connectivity index (χ0v) is 19.8. The topological polar surface area (TPSA) is 87.7 Å². The van der Waals surface area contributed by atoms with Gasteiger partial charge in [0.2, 0.25) is 5.91 Å². The van der Waals surface area contributed by atoms with Crippen molar-refractivity contribution in [2.75, 3.05) is 36.4 Å². The Morgan fingerprint density at radius 3 is 2.50 bits per heavy atom. The number of aromatic nitrogens is 2. The van der Waals surface area contributed by atoms with Crippen LogP contribution in [0, 0.1) is 11.7 Å². The van der Waals surface area contributed by atoms with Gasteiger partial charge in [-0.15, -0.1) is 5.10 Å². The summed E-state index contributed by atoms with van der Waals surface area (Å²) in [5, 5.41) is 11.0. The Morgan fingerprint density at radius 2 is 1.78 bits per heavy atom. The molecule has 0 aliphatic carbocycles. The Balaban J connectivity index is 1.08. The van der Waals surface area contributed by atoms with Gasteiger partial charge >= 0.3 is 0 Å². The van der Waals surface area contributed by atoms with E-state index in [2.05, 4.69) is 20.4 Å². The third-order valence-electron chi connectivity index (χ3n) is 6.67. The lowest BCUT2D eigenvalue weighted by Gasteiger charge is -2.32. The summed E-state index contributed by atoms with van der Waals surface area (Å²) in [6.45, 7) is 2.50. The van der Waals surface area contributed by atoms with E-state index in [1.165, 1.54) is 12.1 Å². The molecular formula is C27H28FN5O3. The zero-order valence-electron chi connectivity index (χ0n) is 19.8. The second kappa shape index (κ2) is 10.7. The van der Waals surface area contributed by atoms with E-state index < -0.39 is 5.82 Å². The molecule has 2 amide bonds. The van der Waals surface area contributed by atoms with E-state index in [0.29, 0.717) is 38.0 Å². The Hall–Kier alpha value is -4.01. The van der Waals surface area contributed by atoms with Crippen molar-refractivity contribution in [3.63, 3.8) is 0 Å². The van der Waals surface area contributed by atoms with Crippen LogP contribution in [0.4, 0.5) is 15.9 Å². The minimum absolute atomic E-state index is 0.00689. The van der Waals surface area contributed by atoms with Gasteiger partial charge in [0.05, 0.1) is 5.92 Å². The van der Waals surface area contributed by atoms with Crippen molar-refractivity contribution in [1.82, 2.24) is 15.1 Å². The van der Waals surface area contributed by atoms with Gasteiger partial charge in [0.1, 0.15) is 17.7 Å². The molecule has 8 nitrogen and oxygen atoms in total. The molecule has 1 atom stereocenters. The number of rotatable bonds is 6. The lowest BCUT2D eigenvalue weighted by atomic mass is 10.1. The number of anilines is 2. The van der Waals surface area contributed by atoms with Gasteiger partial charge in [0.15, 0.2) is 5.82 Å². The molecule has 3 aromatic rings. The number of amides is 2. The lowest BCUT2D eigenvalue weighted by molar-refractivity contribution is -0.119. The fraction of sp³-hybridized carbons (Fsp3) is 0.333. The van der Waals surface area contributed by atoms with Crippen LogP contribution in [0.5, 0.6) is 5.75 Å². The molecular weight excluding hydrogens is 461 g/mol. The summed E-state index contributed by atoms with van der Waals surface area (Å²) in [6, 6.07) is 16.9. The maximum absolute atomic E-state index is 13.4. The summed E-state index contributed by atoms with van der Waals surface area (Å²) in [7, 11) is 0. The number of carbonyl (C=O) groups is 2. The van der Waals surface area contributed by atoms with Crippen LogP contribution in [0.3, 0.4) is 0 Å². The van der Waals surface area contributed by atoms with Crippen molar-refractivity contribution in [2.45, 2.75) is 25.4 Å². The minimum Gasteiger partial charge on any atom is -0.490 e. The summed E-state index contributed by atoms with van der Waals surface area (Å²) >= 11 is 0. The van der Waals surface area contributed by atoms with Crippen LogP contribution < -0.4 is 15.0 Å². The fourth-order valence-electron chi connectivity index (χ4n) is 4.68. The highest BCUT2D eigenvalue weighted by Crippen LogP contribution is 2.25. The van der Waals surface area contributed by atoms with Gasteiger partial charge < -0.3 is 19.9 Å². The van der Waals surface area contributed by atoms with Crippen molar-refractivity contribution >= 4 is 23.3 Å². The molecule has 3 heterocycles. The predicted octanol–water partition coefficient (Wildman–Crippen LogP) is 3.76. The second-order valence-electron chi connectivity index (χ2n) is 9.15. The fourth-order valence-corrected chi connectivity index (χ4v) is 4.68. The van der Waals surface area contributed by atoms with Crippen LogP contribution in [0.25, 0.3) is 0 Å². The van der Waals surface area contributed by atoms with Crippen molar-refractivity contribution in [1.29, 1.82) is 0 Å². The first-order valence-corrected chi connectivity index (χ1v) is 12.2. The van der Waals surface area contributed by atoms with Gasteiger partial charge in [0.25, 0.3) is 5.91 Å². The normalized spacial score (nSPS) is 18.2. The monoisotopic (exact) mass is 489 g/mol. The van der Waals surface area contributed by atoms with E-state index in [1.54, 1.807) is 23.2 Å². The number of piperidine rings is 1. The van der Waals surface area contributed by atoms with Crippen molar-refractivity contribution in [2.24, 2.45) is 5.92 Å². The van der Waals surface area contributed by atoms with E-state index in [0.717, 1.165) is 30.2 Å². The SMILES string of the molecule is O=C(Nc1ccc(OC2CCN(C(=O)c3cccc(F)c3)CC2)cc1)C1CCN(c2cccnn2)C1. The Kier molecular flexibility index (Phi) is 7.06. The zero-order chi connectivity index (χ0) is 24.9. The number of hydrogen-bond donors (Lipinski definition) is 1. The molecule has 36 heavy (non-hydrogen) atoms. The molecule has 0 bridgehead atoms. The summed E-state index contributed by atoms with van der Waals surface area (Å²) in [5.74, 6) is 0.825. The first-order chi connectivity index (χ1) is 17.5. The second-order valence-corrected chi connectivity index (χ2v) is 9.15. The molecule has 1 N–H and O–H groups in total. The lowest BCUT2D eigenvalue weighted by Crippen LogP contribution is -2.41. The third kappa shape index (κ3) is 5.62. The highest BCUT2D eigenvalue weighted by atomic mass is 19.1. The number of hydrogen-bond acceptors (Lipinski definition) is 6. The molecule has 0 saturated carbocycles. The maximum atomic E-state index is 13.4. The molecule has 186 valence electrons. The molecule has 0 radical (unpaired) electrons. The van der Waals surface area contributed by atoms with E-state index in [9.17, 15) is 14.0 Å². The summed E-state index contributed by atoms with van der Waals surface area (Å²) < 4.78 is 19.5. The number of nitrogens with one attached hydrogen (secondary N) is 1. The van der Waals surface area contributed by atoms with E-state index in [1.807, 2.05) is 36.4 Å². The van der Waals surface area contributed by atoms with Gasteiger partial charge in [-0.1, -0.05) is 6.07 Å². The summed E-state index contributed by atoms with van der Waals surface area (Å²) in [5.41, 5.74) is 1.09. The molecule has 2 aliphatic rings. The smallest absolute Gasteiger partial charge is 0.253 e. The number of carbonyl (C=O) groups excluding carboxylic acids is 2. The number of nitrogens with zero attached hydrogens (tertiary/aromatic N) is 4. The highest BCUT2D eigenvalue weighted by molar-refractivity contribution is 5.94. The molecule has 2 aromatic carbocycles. The van der Waals surface area contributed by atoms with Crippen molar-refractivity contribution in [3.05, 3.63) is 78.2 Å². The van der Waals surface area contributed by atoms with Crippen LogP contribution >= 0.6 is 0 Å². The van der Waals surface area contributed by atoms with Crippen LogP contribution in [-0.2, 0) is 4.79 Å². The quantitative estimate of drug-likeness (QED) is 0.567. The van der Waals surface area contributed by atoms with E-state index in [-0.39, 0.29) is 23.8 Å². The Labute approximate surface area is 209 Å². The average molecular weight is 490 g/mol. The van der Waals surface area contributed by atoms with Gasteiger partial charge in [-0.3, -0.25) is 9.59 Å². The number of benzene rings is 2. The van der Waals surface area contributed by atoms with Gasteiger partial charge in [-0.2, -0.15) is 5.10 Å². The van der Waals surface area contributed by atoms with E-state index >= 15 is 0 Å². The molecule has 1 aromatic heterocycles. The highest BCUT2D eigenvalue weighted by Gasteiger charge is 2.29.